The van der Waals surface area contributed by atoms with Crippen molar-refractivity contribution in [1.29, 1.82) is 0 Å². The molecule has 0 aliphatic carbocycles. The number of hydrogen-bond donors (Lipinski definition) is 0. The number of aryl methyl sites for hydroxylation is 1. The van der Waals surface area contributed by atoms with Gasteiger partial charge in [0.25, 0.3) is 5.56 Å². The summed E-state index contributed by atoms with van der Waals surface area (Å²) in [6, 6.07) is 0. The lowest BCUT2D eigenvalue weighted by atomic mass is 10.2. The van der Waals surface area contributed by atoms with Crippen molar-refractivity contribution in [1.82, 2.24) is 14.1 Å². The molecule has 0 atom stereocenters. The molecule has 0 bridgehead atoms. The van der Waals surface area contributed by atoms with Gasteiger partial charge in [-0.05, 0) is 6.42 Å². The van der Waals surface area contributed by atoms with Gasteiger partial charge in [-0.1, -0.05) is 6.92 Å². The van der Waals surface area contributed by atoms with Gasteiger partial charge in [0.05, 0.1) is 22.1 Å². The molecule has 22 heavy (non-hydrogen) atoms. The van der Waals surface area contributed by atoms with Crippen LogP contribution >= 0.6 is 11.8 Å². The largest absolute Gasteiger partial charge is 0.448 e. The molecule has 1 aliphatic heterocycles. The number of hydrogen-bond acceptors (Lipinski definition) is 6. The normalized spacial score (nSPS) is 13.3. The average molecular weight is 320 g/mol. The predicted octanol–water partition coefficient (Wildman–Crippen LogP) is 1.15. The van der Waals surface area contributed by atoms with Gasteiger partial charge in [0, 0.05) is 20.5 Å². The van der Waals surface area contributed by atoms with E-state index in [1.54, 1.807) is 13.3 Å². The van der Waals surface area contributed by atoms with Crippen molar-refractivity contribution >= 4 is 22.6 Å². The Kier molecular flexibility index (Phi) is 3.78. The molecule has 2 aromatic heterocycles. The Hall–Kier alpha value is -2.09. The number of aliphatic imine (C=N–C) groups is 1. The first-order valence-electron chi connectivity index (χ1n) is 6.93. The van der Waals surface area contributed by atoms with Crippen molar-refractivity contribution in [3.8, 4) is 0 Å². The Labute approximate surface area is 130 Å². The molecular formula is C14H16N4O3S. The van der Waals surface area contributed by atoms with E-state index in [0.717, 1.165) is 21.7 Å². The smallest absolute Gasteiger partial charge is 0.332 e. The Morgan fingerprint density at radius 3 is 2.77 bits per heavy atom. The van der Waals surface area contributed by atoms with Crippen molar-refractivity contribution < 1.29 is 4.42 Å². The second-order valence-corrected chi connectivity index (χ2v) is 6.11. The molecule has 0 aromatic carbocycles. The van der Waals surface area contributed by atoms with Crippen LogP contribution in [0, 0.1) is 0 Å². The molecule has 0 fully saturated rings. The van der Waals surface area contributed by atoms with E-state index in [0.29, 0.717) is 29.4 Å². The molecule has 0 amide bonds. The summed E-state index contributed by atoms with van der Waals surface area (Å²) in [5.41, 5.74) is 0.846. The lowest BCUT2D eigenvalue weighted by Crippen LogP contribution is -2.38. The number of fused-ring (bicyclic) bond motifs is 1. The number of oxazole rings is 1. The number of rotatable bonds is 3. The maximum atomic E-state index is 12.1. The zero-order valence-electron chi connectivity index (χ0n) is 12.6. The first-order chi connectivity index (χ1) is 10.5. The SMILES string of the molecule is CCc1coc(CSC2=Nc3c(c(=O)n(C)c(=O)n3C)C2)n1. The summed E-state index contributed by atoms with van der Waals surface area (Å²) in [6.45, 7) is 2.02. The van der Waals surface area contributed by atoms with Crippen LogP contribution < -0.4 is 11.2 Å². The fourth-order valence-corrected chi connectivity index (χ4v) is 3.14. The van der Waals surface area contributed by atoms with Crippen molar-refractivity contribution in [3.05, 3.63) is 44.2 Å². The van der Waals surface area contributed by atoms with Crippen LogP contribution in [0.25, 0.3) is 0 Å². The topological polar surface area (TPSA) is 82.4 Å². The van der Waals surface area contributed by atoms with Gasteiger partial charge in [0.2, 0.25) is 5.89 Å². The predicted molar refractivity (Wildman–Crippen MR) is 84.9 cm³/mol. The highest BCUT2D eigenvalue weighted by atomic mass is 32.2. The summed E-state index contributed by atoms with van der Waals surface area (Å²) in [5, 5.41) is 0.796. The second-order valence-electron chi connectivity index (χ2n) is 5.07. The molecule has 0 saturated carbocycles. The minimum absolute atomic E-state index is 0.276. The van der Waals surface area contributed by atoms with Crippen molar-refractivity contribution in [3.63, 3.8) is 0 Å². The van der Waals surface area contributed by atoms with Crippen LogP contribution in [0.15, 0.2) is 25.3 Å². The highest BCUT2D eigenvalue weighted by molar-refractivity contribution is 8.13. The van der Waals surface area contributed by atoms with Gasteiger partial charge in [-0.15, -0.1) is 11.8 Å². The molecule has 8 heteroatoms. The van der Waals surface area contributed by atoms with E-state index < -0.39 is 0 Å². The first-order valence-corrected chi connectivity index (χ1v) is 7.92. The van der Waals surface area contributed by atoms with Gasteiger partial charge >= 0.3 is 5.69 Å². The van der Waals surface area contributed by atoms with Crippen molar-refractivity contribution in [2.24, 2.45) is 19.1 Å². The fourth-order valence-electron chi connectivity index (χ4n) is 2.31. The molecule has 2 aromatic rings. The maximum Gasteiger partial charge on any atom is 0.332 e. The first kappa shape index (κ1) is 14.8. The van der Waals surface area contributed by atoms with Crippen LogP contribution in [-0.2, 0) is 32.7 Å². The second kappa shape index (κ2) is 5.60. The Bertz CT molecular complexity index is 875. The number of nitrogens with zero attached hydrogens (tertiary/aromatic N) is 4. The zero-order valence-corrected chi connectivity index (χ0v) is 13.4. The van der Waals surface area contributed by atoms with Crippen molar-refractivity contribution in [2.75, 3.05) is 0 Å². The zero-order chi connectivity index (χ0) is 15.9. The average Bonchev–Trinajstić information content (AvgIpc) is 3.15. The third kappa shape index (κ3) is 2.43. The highest BCUT2D eigenvalue weighted by Crippen LogP contribution is 2.27. The van der Waals surface area contributed by atoms with E-state index in [1.807, 2.05) is 6.92 Å². The lowest BCUT2D eigenvalue weighted by molar-refractivity contribution is 0.516. The van der Waals surface area contributed by atoms with Crippen LogP contribution in [0.4, 0.5) is 5.82 Å². The third-order valence-corrected chi connectivity index (χ3v) is 4.57. The quantitative estimate of drug-likeness (QED) is 0.847. The molecule has 0 N–H and O–H groups in total. The third-order valence-electron chi connectivity index (χ3n) is 3.61. The van der Waals surface area contributed by atoms with E-state index in [-0.39, 0.29) is 11.2 Å². The summed E-state index contributed by atoms with van der Waals surface area (Å²) in [7, 11) is 3.11. The molecule has 0 radical (unpaired) electrons. The Balaban J connectivity index is 1.81. The minimum atomic E-state index is -0.362. The maximum absolute atomic E-state index is 12.1. The van der Waals surface area contributed by atoms with Crippen LogP contribution in [-0.4, -0.2) is 19.2 Å². The van der Waals surface area contributed by atoms with Gasteiger partial charge in [-0.25, -0.2) is 14.8 Å². The van der Waals surface area contributed by atoms with Gasteiger partial charge in [-0.2, -0.15) is 0 Å². The minimum Gasteiger partial charge on any atom is -0.448 e. The van der Waals surface area contributed by atoms with Crippen LogP contribution in [0.1, 0.15) is 24.1 Å². The van der Waals surface area contributed by atoms with E-state index in [1.165, 1.54) is 23.4 Å². The van der Waals surface area contributed by atoms with Crippen LogP contribution in [0.5, 0.6) is 0 Å². The summed E-state index contributed by atoms with van der Waals surface area (Å²) in [6.07, 6.45) is 2.93. The molecule has 3 rings (SSSR count). The van der Waals surface area contributed by atoms with E-state index in [2.05, 4.69) is 9.98 Å². The summed E-state index contributed by atoms with van der Waals surface area (Å²) in [4.78, 5) is 32.8. The summed E-state index contributed by atoms with van der Waals surface area (Å²) >= 11 is 1.48. The number of aromatic nitrogens is 3. The standard InChI is InChI=1S/C14H16N4O3S/c1-4-8-6-21-10(15-8)7-22-11-5-9-12(16-11)17(2)14(20)18(3)13(9)19/h6H,4-5,7H2,1-3H3. The molecule has 0 unspecified atom stereocenters. The molecule has 0 spiro atoms. The van der Waals surface area contributed by atoms with Gasteiger partial charge in [-0.3, -0.25) is 13.9 Å². The van der Waals surface area contributed by atoms with E-state index in [4.69, 9.17) is 4.42 Å². The molecule has 3 heterocycles. The van der Waals surface area contributed by atoms with Gasteiger partial charge in [0.1, 0.15) is 12.1 Å². The van der Waals surface area contributed by atoms with Crippen LogP contribution in [0.3, 0.4) is 0 Å². The molecular weight excluding hydrogens is 304 g/mol. The Morgan fingerprint density at radius 1 is 1.32 bits per heavy atom. The molecule has 7 nitrogen and oxygen atoms in total. The van der Waals surface area contributed by atoms with Crippen LogP contribution in [0.2, 0.25) is 0 Å². The summed E-state index contributed by atoms with van der Waals surface area (Å²) < 4.78 is 7.89. The highest BCUT2D eigenvalue weighted by Gasteiger charge is 2.23. The number of thioether (sulfide) groups is 1. The Morgan fingerprint density at radius 2 is 2.09 bits per heavy atom. The van der Waals surface area contributed by atoms with Gasteiger partial charge < -0.3 is 4.42 Å². The van der Waals surface area contributed by atoms with Crippen molar-refractivity contribution in [2.45, 2.75) is 25.5 Å². The fraction of sp³-hybridized carbons (Fsp3) is 0.429. The molecule has 116 valence electrons. The summed E-state index contributed by atoms with van der Waals surface area (Å²) in [5.74, 6) is 1.65. The molecule has 1 aliphatic rings. The van der Waals surface area contributed by atoms with E-state index >= 15 is 0 Å². The molecule has 0 saturated heterocycles. The lowest BCUT2D eigenvalue weighted by Gasteiger charge is -2.05. The monoisotopic (exact) mass is 320 g/mol. The van der Waals surface area contributed by atoms with E-state index in [9.17, 15) is 9.59 Å². The van der Waals surface area contributed by atoms with Gasteiger partial charge in [0.15, 0.2) is 0 Å².